The van der Waals surface area contributed by atoms with Crippen LogP contribution in [0.3, 0.4) is 0 Å². The molecule has 0 saturated carbocycles. The molecular formula is C17H13ClN4. The van der Waals surface area contributed by atoms with Gasteiger partial charge in [0.05, 0.1) is 5.69 Å². The summed E-state index contributed by atoms with van der Waals surface area (Å²) in [5.41, 5.74) is 5.00. The van der Waals surface area contributed by atoms with E-state index in [4.69, 9.17) is 11.6 Å². The molecule has 0 aliphatic carbocycles. The molecule has 0 N–H and O–H groups in total. The van der Waals surface area contributed by atoms with Crippen molar-refractivity contribution in [1.29, 1.82) is 5.26 Å². The van der Waals surface area contributed by atoms with Gasteiger partial charge in [0.2, 0.25) is 0 Å². The van der Waals surface area contributed by atoms with Crippen LogP contribution in [0.1, 0.15) is 16.8 Å². The van der Waals surface area contributed by atoms with E-state index < -0.39 is 0 Å². The van der Waals surface area contributed by atoms with E-state index in [0.29, 0.717) is 16.4 Å². The quantitative estimate of drug-likeness (QED) is 0.717. The first-order chi connectivity index (χ1) is 10.6. The molecule has 4 nitrogen and oxygen atoms in total. The molecule has 0 fully saturated rings. The van der Waals surface area contributed by atoms with Crippen molar-refractivity contribution >= 4 is 11.6 Å². The van der Waals surface area contributed by atoms with Crippen molar-refractivity contribution in [3.63, 3.8) is 0 Å². The molecule has 5 heteroatoms. The topological polar surface area (TPSA) is 54.5 Å². The molecule has 0 unspecified atom stereocenters. The summed E-state index contributed by atoms with van der Waals surface area (Å²) in [5, 5.41) is 18.0. The Bertz CT molecular complexity index is 890. The van der Waals surface area contributed by atoms with Gasteiger partial charge in [0, 0.05) is 10.6 Å². The Kier molecular flexibility index (Phi) is 3.66. The van der Waals surface area contributed by atoms with Crippen LogP contribution in [-0.2, 0) is 0 Å². The average Bonchev–Trinajstić information content (AvgIpc) is 2.94. The van der Waals surface area contributed by atoms with E-state index in [1.165, 1.54) is 5.56 Å². The van der Waals surface area contributed by atoms with Crippen LogP contribution < -0.4 is 0 Å². The fourth-order valence-corrected chi connectivity index (χ4v) is 2.48. The van der Waals surface area contributed by atoms with Gasteiger partial charge in [0.1, 0.15) is 11.8 Å². The summed E-state index contributed by atoms with van der Waals surface area (Å²) in [6, 6.07) is 15.5. The van der Waals surface area contributed by atoms with E-state index in [-0.39, 0.29) is 0 Å². The van der Waals surface area contributed by atoms with Gasteiger partial charge in [-0.05, 0) is 49.2 Å². The van der Waals surface area contributed by atoms with Crippen LogP contribution in [0.4, 0.5) is 0 Å². The van der Waals surface area contributed by atoms with Crippen molar-refractivity contribution in [2.45, 2.75) is 13.8 Å². The molecule has 3 aromatic rings. The van der Waals surface area contributed by atoms with Crippen LogP contribution >= 0.6 is 11.6 Å². The van der Waals surface area contributed by atoms with Crippen LogP contribution in [0.15, 0.2) is 42.5 Å². The summed E-state index contributed by atoms with van der Waals surface area (Å²) in [7, 11) is 0. The second-order valence-corrected chi connectivity index (χ2v) is 5.53. The van der Waals surface area contributed by atoms with Gasteiger partial charge in [-0.3, -0.25) is 0 Å². The lowest BCUT2D eigenvalue weighted by molar-refractivity contribution is 0.807. The zero-order valence-corrected chi connectivity index (χ0v) is 13.0. The lowest BCUT2D eigenvalue weighted by Crippen LogP contribution is -2.00. The number of aromatic nitrogens is 3. The monoisotopic (exact) mass is 308 g/mol. The number of aryl methyl sites for hydroxylation is 2. The number of hydrogen-bond acceptors (Lipinski definition) is 3. The van der Waals surface area contributed by atoms with Crippen molar-refractivity contribution in [3.05, 3.63) is 64.3 Å². The largest absolute Gasteiger partial charge is 0.211 e. The van der Waals surface area contributed by atoms with Gasteiger partial charge in [-0.1, -0.05) is 35.0 Å². The fourth-order valence-electron chi connectivity index (χ4n) is 2.29. The zero-order valence-electron chi connectivity index (χ0n) is 12.2. The Labute approximate surface area is 133 Å². The molecule has 108 valence electrons. The number of nitriles is 1. The molecule has 3 rings (SSSR count). The van der Waals surface area contributed by atoms with E-state index >= 15 is 0 Å². The predicted molar refractivity (Wildman–Crippen MR) is 86.0 cm³/mol. The van der Waals surface area contributed by atoms with Crippen LogP contribution in [0.2, 0.25) is 5.02 Å². The standard InChI is InChI=1S/C17H13ClN4/c1-11-6-7-13(8-12(11)2)17-16(10-19)20-21-22(17)15-5-3-4-14(18)9-15/h3-9H,1-2H3. The number of halogens is 1. The summed E-state index contributed by atoms with van der Waals surface area (Å²) >= 11 is 6.05. The van der Waals surface area contributed by atoms with E-state index in [1.54, 1.807) is 16.8 Å². The van der Waals surface area contributed by atoms with Crippen LogP contribution in [-0.4, -0.2) is 15.0 Å². The summed E-state index contributed by atoms with van der Waals surface area (Å²) in [6.07, 6.45) is 0. The molecule has 0 spiro atoms. The van der Waals surface area contributed by atoms with Crippen molar-refractivity contribution in [2.24, 2.45) is 0 Å². The Morgan fingerprint density at radius 3 is 2.59 bits per heavy atom. The highest BCUT2D eigenvalue weighted by molar-refractivity contribution is 6.30. The minimum atomic E-state index is 0.295. The highest BCUT2D eigenvalue weighted by Gasteiger charge is 2.16. The molecule has 22 heavy (non-hydrogen) atoms. The maximum atomic E-state index is 9.33. The normalized spacial score (nSPS) is 10.5. The van der Waals surface area contributed by atoms with Gasteiger partial charge in [-0.2, -0.15) is 5.26 Å². The van der Waals surface area contributed by atoms with E-state index in [1.807, 2.05) is 37.3 Å². The van der Waals surface area contributed by atoms with E-state index in [0.717, 1.165) is 16.8 Å². The first-order valence-electron chi connectivity index (χ1n) is 6.79. The molecule has 2 aromatic carbocycles. The highest BCUT2D eigenvalue weighted by atomic mass is 35.5. The van der Waals surface area contributed by atoms with Gasteiger partial charge >= 0.3 is 0 Å². The lowest BCUT2D eigenvalue weighted by Gasteiger charge is -2.09. The SMILES string of the molecule is Cc1ccc(-c2c(C#N)nnn2-c2cccc(Cl)c2)cc1C. The Morgan fingerprint density at radius 2 is 1.91 bits per heavy atom. The minimum absolute atomic E-state index is 0.295. The van der Waals surface area contributed by atoms with Gasteiger partial charge in [-0.15, -0.1) is 5.10 Å². The lowest BCUT2D eigenvalue weighted by atomic mass is 10.0. The summed E-state index contributed by atoms with van der Waals surface area (Å²) in [5.74, 6) is 0. The average molecular weight is 309 g/mol. The van der Waals surface area contributed by atoms with Gasteiger partial charge in [0.25, 0.3) is 0 Å². The van der Waals surface area contributed by atoms with Crippen LogP contribution in [0, 0.1) is 25.2 Å². The van der Waals surface area contributed by atoms with Crippen molar-refractivity contribution in [1.82, 2.24) is 15.0 Å². The van der Waals surface area contributed by atoms with Crippen LogP contribution in [0.5, 0.6) is 0 Å². The number of benzene rings is 2. The number of rotatable bonds is 2. The number of hydrogen-bond donors (Lipinski definition) is 0. The molecule has 1 aromatic heterocycles. The minimum Gasteiger partial charge on any atom is -0.211 e. The van der Waals surface area contributed by atoms with Crippen molar-refractivity contribution in [2.75, 3.05) is 0 Å². The molecule has 0 radical (unpaired) electrons. The van der Waals surface area contributed by atoms with Crippen molar-refractivity contribution < 1.29 is 0 Å². The van der Waals surface area contributed by atoms with Crippen molar-refractivity contribution in [3.8, 4) is 23.0 Å². The van der Waals surface area contributed by atoms with Gasteiger partial charge in [-0.25, -0.2) is 4.68 Å². The Balaban J connectivity index is 2.24. The second-order valence-electron chi connectivity index (χ2n) is 5.09. The third-order valence-corrected chi connectivity index (χ3v) is 3.84. The number of nitrogens with zero attached hydrogens (tertiary/aromatic N) is 4. The molecule has 0 aliphatic heterocycles. The van der Waals surface area contributed by atoms with E-state index in [9.17, 15) is 5.26 Å². The molecule has 1 heterocycles. The Hall–Kier alpha value is -2.64. The molecule has 0 amide bonds. The molecule has 0 saturated heterocycles. The summed E-state index contributed by atoms with van der Waals surface area (Å²) in [4.78, 5) is 0. The fraction of sp³-hybridized carbons (Fsp3) is 0.118. The predicted octanol–water partition coefficient (Wildman–Crippen LogP) is 4.08. The third kappa shape index (κ3) is 2.47. The maximum Gasteiger partial charge on any atom is 0.191 e. The van der Waals surface area contributed by atoms with Gasteiger partial charge in [0.15, 0.2) is 5.69 Å². The smallest absolute Gasteiger partial charge is 0.191 e. The molecular weight excluding hydrogens is 296 g/mol. The molecule has 0 aliphatic rings. The zero-order chi connectivity index (χ0) is 15.7. The van der Waals surface area contributed by atoms with E-state index in [2.05, 4.69) is 23.3 Å². The Morgan fingerprint density at radius 1 is 1.09 bits per heavy atom. The second kappa shape index (κ2) is 5.63. The maximum absolute atomic E-state index is 9.33. The van der Waals surface area contributed by atoms with Gasteiger partial charge < -0.3 is 0 Å². The third-order valence-electron chi connectivity index (χ3n) is 3.61. The summed E-state index contributed by atoms with van der Waals surface area (Å²) in [6.45, 7) is 4.09. The summed E-state index contributed by atoms with van der Waals surface area (Å²) < 4.78 is 1.65. The van der Waals surface area contributed by atoms with Crippen LogP contribution in [0.25, 0.3) is 16.9 Å². The molecule has 0 bridgehead atoms. The molecule has 0 atom stereocenters. The first-order valence-corrected chi connectivity index (χ1v) is 7.17. The highest BCUT2D eigenvalue weighted by Crippen LogP contribution is 2.27. The first kappa shape index (κ1) is 14.3.